The van der Waals surface area contributed by atoms with E-state index in [1.165, 1.54) is 0 Å². The van der Waals surface area contributed by atoms with Crippen LogP contribution in [0.4, 0.5) is 0 Å². The highest BCUT2D eigenvalue weighted by molar-refractivity contribution is 7.69. The predicted molar refractivity (Wildman–Crippen MR) is 137 cm³/mol. The standard InChI is InChI=1S/C24H44O8P2/c1-13(2)19-20(14(3)4)22(26)24(34(28,31-17(9)10)32-18(11)12)23(21(19)25)33(27,29-15(5)6)30-16(7)8/h13-18,25-26H,1-12H3. The van der Waals surface area contributed by atoms with Crippen LogP contribution in [0.2, 0.25) is 0 Å². The highest BCUT2D eigenvalue weighted by Gasteiger charge is 2.48. The molecule has 0 aliphatic rings. The molecular formula is C24H44O8P2. The Hall–Kier alpha value is -0.880. The van der Waals surface area contributed by atoms with Gasteiger partial charge in [0, 0.05) is 11.1 Å². The molecule has 0 fully saturated rings. The van der Waals surface area contributed by atoms with E-state index in [0.717, 1.165) is 0 Å². The van der Waals surface area contributed by atoms with Gasteiger partial charge in [0.2, 0.25) is 0 Å². The van der Waals surface area contributed by atoms with Crippen molar-refractivity contribution in [2.75, 3.05) is 0 Å². The van der Waals surface area contributed by atoms with Gasteiger partial charge in [-0.1, -0.05) is 27.7 Å². The molecule has 198 valence electrons. The van der Waals surface area contributed by atoms with Crippen molar-refractivity contribution in [3.8, 4) is 11.5 Å². The molecule has 0 aliphatic carbocycles. The zero-order valence-electron chi connectivity index (χ0n) is 22.7. The molecule has 0 aliphatic heterocycles. The van der Waals surface area contributed by atoms with Gasteiger partial charge < -0.3 is 28.3 Å². The monoisotopic (exact) mass is 522 g/mol. The largest absolute Gasteiger partial charge is 0.507 e. The molecule has 34 heavy (non-hydrogen) atoms. The molecule has 8 nitrogen and oxygen atoms in total. The van der Waals surface area contributed by atoms with E-state index >= 15 is 0 Å². The highest BCUT2D eigenvalue weighted by Crippen LogP contribution is 2.60. The Kier molecular flexibility index (Phi) is 10.9. The lowest BCUT2D eigenvalue weighted by atomic mass is 9.89. The molecule has 0 unspecified atom stereocenters. The summed E-state index contributed by atoms with van der Waals surface area (Å²) in [6, 6.07) is 0. The lowest BCUT2D eigenvalue weighted by Gasteiger charge is -2.32. The number of aromatic hydroxyl groups is 2. The van der Waals surface area contributed by atoms with Gasteiger partial charge in [-0.25, -0.2) is 0 Å². The fraction of sp³-hybridized carbons (Fsp3) is 0.750. The van der Waals surface area contributed by atoms with Crippen molar-refractivity contribution in [1.82, 2.24) is 0 Å². The third kappa shape index (κ3) is 7.09. The Morgan fingerprint density at radius 3 is 0.853 bits per heavy atom. The van der Waals surface area contributed by atoms with Crippen molar-refractivity contribution in [2.45, 2.75) is 119 Å². The Bertz CT molecular complexity index is 833. The Balaban J connectivity index is 4.42. The van der Waals surface area contributed by atoms with E-state index in [2.05, 4.69) is 0 Å². The first-order valence-electron chi connectivity index (χ1n) is 11.9. The minimum Gasteiger partial charge on any atom is -0.507 e. The van der Waals surface area contributed by atoms with Gasteiger partial charge in [0.1, 0.15) is 22.1 Å². The van der Waals surface area contributed by atoms with E-state index in [4.69, 9.17) is 18.1 Å². The van der Waals surface area contributed by atoms with Gasteiger partial charge >= 0.3 is 15.2 Å². The van der Waals surface area contributed by atoms with Crippen molar-refractivity contribution in [1.29, 1.82) is 0 Å². The Morgan fingerprint density at radius 2 is 0.706 bits per heavy atom. The first kappa shape index (κ1) is 31.2. The normalized spacial score (nSPS) is 13.5. The molecule has 0 aromatic heterocycles. The molecule has 0 saturated carbocycles. The molecule has 2 N–H and O–H groups in total. The second kappa shape index (κ2) is 11.9. The molecule has 0 amide bonds. The summed E-state index contributed by atoms with van der Waals surface area (Å²) < 4.78 is 51.8. The number of rotatable bonds is 12. The van der Waals surface area contributed by atoms with Gasteiger partial charge in [-0.05, 0) is 67.2 Å². The van der Waals surface area contributed by atoms with Gasteiger partial charge in [-0.2, -0.15) is 0 Å². The number of benzene rings is 1. The maximum Gasteiger partial charge on any atom is 0.366 e. The quantitative estimate of drug-likeness (QED) is 0.231. The molecule has 0 bridgehead atoms. The Morgan fingerprint density at radius 1 is 0.500 bits per heavy atom. The first-order chi connectivity index (χ1) is 15.4. The van der Waals surface area contributed by atoms with Crippen LogP contribution in [0.3, 0.4) is 0 Å². The summed E-state index contributed by atoms with van der Waals surface area (Å²) in [5.74, 6) is -1.31. The third-order valence-electron chi connectivity index (χ3n) is 4.57. The van der Waals surface area contributed by atoms with Crippen LogP contribution in [0.25, 0.3) is 0 Å². The molecule has 1 rings (SSSR count). The fourth-order valence-electron chi connectivity index (χ4n) is 3.79. The van der Waals surface area contributed by atoms with E-state index in [1.807, 2.05) is 27.7 Å². The summed E-state index contributed by atoms with van der Waals surface area (Å²) in [7, 11) is -8.66. The molecule has 0 radical (unpaired) electrons. The van der Waals surface area contributed by atoms with E-state index in [1.54, 1.807) is 55.4 Å². The second-order valence-corrected chi connectivity index (χ2v) is 13.9. The van der Waals surface area contributed by atoms with Crippen LogP contribution < -0.4 is 10.6 Å². The van der Waals surface area contributed by atoms with Crippen LogP contribution in [-0.2, 0) is 27.2 Å². The maximum absolute atomic E-state index is 14.4. The van der Waals surface area contributed by atoms with Crippen LogP contribution in [0.5, 0.6) is 11.5 Å². The van der Waals surface area contributed by atoms with E-state index < -0.39 is 51.1 Å². The molecule has 0 saturated heterocycles. The van der Waals surface area contributed by atoms with E-state index in [-0.39, 0.29) is 22.4 Å². The van der Waals surface area contributed by atoms with Crippen molar-refractivity contribution in [2.24, 2.45) is 0 Å². The summed E-state index contributed by atoms with van der Waals surface area (Å²) >= 11 is 0. The zero-order valence-corrected chi connectivity index (χ0v) is 24.5. The van der Waals surface area contributed by atoms with Crippen molar-refractivity contribution < 1.29 is 37.4 Å². The topological polar surface area (TPSA) is 112 Å². The van der Waals surface area contributed by atoms with Crippen LogP contribution >= 0.6 is 15.2 Å². The van der Waals surface area contributed by atoms with Gasteiger partial charge in [0.15, 0.2) is 0 Å². The van der Waals surface area contributed by atoms with Crippen molar-refractivity contribution in [3.05, 3.63) is 11.1 Å². The Labute approximate surface area is 205 Å². The maximum atomic E-state index is 14.4. The van der Waals surface area contributed by atoms with Crippen LogP contribution in [0.15, 0.2) is 0 Å². The van der Waals surface area contributed by atoms with Crippen molar-refractivity contribution in [3.63, 3.8) is 0 Å². The average molecular weight is 523 g/mol. The van der Waals surface area contributed by atoms with Gasteiger partial charge in [0.25, 0.3) is 0 Å². The lowest BCUT2D eigenvalue weighted by Crippen LogP contribution is -2.34. The smallest absolute Gasteiger partial charge is 0.366 e. The second-order valence-electron chi connectivity index (χ2n) is 10.1. The third-order valence-corrected chi connectivity index (χ3v) is 9.51. The SMILES string of the molecule is CC(C)OP(=O)(OC(C)C)c1c(O)c(C(C)C)c(C(C)C)c(O)c1P(=O)(OC(C)C)OC(C)C. The summed E-state index contributed by atoms with van der Waals surface area (Å²) in [5, 5.41) is 22.5. The first-order valence-corrected chi connectivity index (χ1v) is 15.0. The van der Waals surface area contributed by atoms with E-state index in [9.17, 15) is 19.3 Å². The molecule has 10 heteroatoms. The fourth-order valence-corrected chi connectivity index (χ4v) is 8.76. The van der Waals surface area contributed by atoms with Crippen LogP contribution in [0.1, 0.15) is 106 Å². The molecule has 1 aromatic rings. The van der Waals surface area contributed by atoms with Gasteiger partial charge in [0.05, 0.1) is 24.4 Å². The summed E-state index contributed by atoms with van der Waals surface area (Å²) in [4.78, 5) is 0. The molecule has 1 aromatic carbocycles. The number of phenolic OH excluding ortho intramolecular Hbond substituents is 2. The summed E-state index contributed by atoms with van der Waals surface area (Å²) in [5.41, 5.74) is 0.763. The average Bonchev–Trinajstić information content (AvgIpc) is 2.58. The molecule has 0 heterocycles. The lowest BCUT2D eigenvalue weighted by molar-refractivity contribution is 0.146. The molecule has 0 spiro atoms. The summed E-state index contributed by atoms with van der Waals surface area (Å²) in [6.07, 6.45) is -2.27. The van der Waals surface area contributed by atoms with Crippen molar-refractivity contribution >= 4 is 25.8 Å². The summed E-state index contributed by atoms with van der Waals surface area (Å²) in [6.45, 7) is 20.8. The van der Waals surface area contributed by atoms with Gasteiger partial charge in [-0.3, -0.25) is 9.13 Å². The number of hydrogen-bond donors (Lipinski definition) is 2. The number of hydrogen-bond acceptors (Lipinski definition) is 8. The number of phenols is 2. The highest BCUT2D eigenvalue weighted by atomic mass is 31.2. The molecule has 0 atom stereocenters. The van der Waals surface area contributed by atoms with Crippen LogP contribution in [0, 0.1) is 0 Å². The molecular weight excluding hydrogens is 478 g/mol. The minimum absolute atomic E-state index is 0.265. The van der Waals surface area contributed by atoms with Crippen LogP contribution in [-0.4, -0.2) is 34.6 Å². The van der Waals surface area contributed by atoms with E-state index in [0.29, 0.717) is 11.1 Å². The minimum atomic E-state index is -4.33. The zero-order chi connectivity index (χ0) is 26.8. The predicted octanol–water partition coefficient (Wildman–Crippen LogP) is 6.68. The van der Waals surface area contributed by atoms with Gasteiger partial charge in [-0.15, -0.1) is 0 Å².